The minimum atomic E-state index is 0.302. The fourth-order valence-electron chi connectivity index (χ4n) is 2.86. The summed E-state index contributed by atoms with van der Waals surface area (Å²) < 4.78 is 0. The molecule has 1 aliphatic rings. The number of nitrogens with zero attached hydrogens (tertiary/aromatic N) is 5. The Hall–Kier alpha value is -2.59. The number of anilines is 3. The van der Waals surface area contributed by atoms with Crippen LogP contribution in [0.3, 0.4) is 0 Å². The molecule has 0 saturated carbocycles. The minimum Gasteiger partial charge on any atom is -0.373 e. The number of aromatic nitrogens is 3. The van der Waals surface area contributed by atoms with Crippen LogP contribution in [0.2, 0.25) is 5.15 Å². The molecule has 2 aromatic rings. The van der Waals surface area contributed by atoms with Gasteiger partial charge in [0.05, 0.1) is 11.6 Å². The van der Waals surface area contributed by atoms with Crippen LogP contribution in [0, 0.1) is 11.3 Å². The van der Waals surface area contributed by atoms with Crippen molar-refractivity contribution < 1.29 is 0 Å². The zero-order valence-corrected chi connectivity index (χ0v) is 14.1. The third kappa shape index (κ3) is 3.66. The van der Waals surface area contributed by atoms with Gasteiger partial charge in [-0.15, -0.1) is 0 Å². The van der Waals surface area contributed by atoms with Crippen LogP contribution in [-0.2, 0) is 0 Å². The molecule has 2 N–H and O–H groups in total. The van der Waals surface area contributed by atoms with Crippen LogP contribution in [0.15, 0.2) is 24.5 Å². The Kier molecular flexibility index (Phi) is 4.96. The highest BCUT2D eigenvalue weighted by atomic mass is 35.5. The molecule has 1 unspecified atom stereocenters. The largest absolute Gasteiger partial charge is 0.373 e. The fourth-order valence-corrected chi connectivity index (χ4v) is 3.07. The Bertz CT molecular complexity index is 758. The standard InChI is InChI=1S/C16H18ClN7/c1-19-14-7-16(22-10-21-14)24-4-2-3-12(24)9-20-15-6-11(8-18)5-13(17)23-15/h5-7,10,12H,2-4,9H2,1H3,(H,20,23)(H,19,21,22). The van der Waals surface area contributed by atoms with E-state index in [2.05, 4.69) is 36.6 Å². The van der Waals surface area contributed by atoms with Gasteiger partial charge in [0.25, 0.3) is 0 Å². The predicted molar refractivity (Wildman–Crippen MR) is 94.4 cm³/mol. The van der Waals surface area contributed by atoms with Crippen LogP contribution in [0.4, 0.5) is 17.5 Å². The second kappa shape index (κ2) is 7.32. The minimum absolute atomic E-state index is 0.302. The number of halogens is 1. The van der Waals surface area contributed by atoms with E-state index in [4.69, 9.17) is 16.9 Å². The van der Waals surface area contributed by atoms with Crippen LogP contribution in [0.1, 0.15) is 18.4 Å². The Morgan fingerprint density at radius 1 is 1.33 bits per heavy atom. The highest BCUT2D eigenvalue weighted by molar-refractivity contribution is 6.29. The van der Waals surface area contributed by atoms with E-state index in [1.807, 2.05) is 13.1 Å². The van der Waals surface area contributed by atoms with Crippen molar-refractivity contribution in [2.24, 2.45) is 0 Å². The molecule has 0 amide bonds. The van der Waals surface area contributed by atoms with Gasteiger partial charge < -0.3 is 15.5 Å². The van der Waals surface area contributed by atoms with Crippen molar-refractivity contribution in [1.29, 1.82) is 5.26 Å². The van der Waals surface area contributed by atoms with Crippen LogP contribution in [0.5, 0.6) is 0 Å². The Labute approximate surface area is 145 Å². The summed E-state index contributed by atoms with van der Waals surface area (Å²) in [5, 5.41) is 15.6. The van der Waals surface area contributed by atoms with Crippen molar-refractivity contribution in [3.05, 3.63) is 35.2 Å². The zero-order valence-electron chi connectivity index (χ0n) is 13.3. The van der Waals surface area contributed by atoms with E-state index in [0.29, 0.717) is 29.1 Å². The van der Waals surface area contributed by atoms with Crippen molar-refractivity contribution in [1.82, 2.24) is 15.0 Å². The molecule has 8 heteroatoms. The normalized spacial score (nSPS) is 16.7. The molecular weight excluding hydrogens is 326 g/mol. The molecule has 1 atom stereocenters. The van der Waals surface area contributed by atoms with E-state index < -0.39 is 0 Å². The van der Waals surface area contributed by atoms with Gasteiger partial charge in [0, 0.05) is 32.2 Å². The van der Waals surface area contributed by atoms with Crippen molar-refractivity contribution in [2.75, 3.05) is 35.7 Å². The summed E-state index contributed by atoms with van der Waals surface area (Å²) in [6, 6.07) is 7.59. The van der Waals surface area contributed by atoms with E-state index in [9.17, 15) is 0 Å². The summed E-state index contributed by atoms with van der Waals surface area (Å²) >= 11 is 5.95. The number of rotatable bonds is 5. The first-order valence-electron chi connectivity index (χ1n) is 7.77. The Balaban J connectivity index is 1.70. The Morgan fingerprint density at radius 2 is 2.21 bits per heavy atom. The number of nitrogens with one attached hydrogen (secondary N) is 2. The molecule has 0 bridgehead atoms. The number of hydrogen-bond acceptors (Lipinski definition) is 7. The van der Waals surface area contributed by atoms with Gasteiger partial charge in [-0.25, -0.2) is 15.0 Å². The third-order valence-corrected chi connectivity index (χ3v) is 4.22. The molecule has 24 heavy (non-hydrogen) atoms. The zero-order chi connectivity index (χ0) is 16.9. The number of nitriles is 1. The molecule has 3 rings (SSSR count). The molecule has 0 radical (unpaired) electrons. The average molecular weight is 344 g/mol. The summed E-state index contributed by atoms with van der Waals surface area (Å²) in [4.78, 5) is 15.0. The van der Waals surface area contributed by atoms with Gasteiger partial charge in [0.2, 0.25) is 0 Å². The molecule has 1 aliphatic heterocycles. The van der Waals surface area contributed by atoms with Gasteiger partial charge in [-0.3, -0.25) is 0 Å². The molecule has 0 aromatic carbocycles. The lowest BCUT2D eigenvalue weighted by atomic mass is 10.2. The topological polar surface area (TPSA) is 89.8 Å². The summed E-state index contributed by atoms with van der Waals surface area (Å²) in [5.41, 5.74) is 0.496. The first kappa shape index (κ1) is 16.3. The molecular formula is C16H18ClN7. The summed E-state index contributed by atoms with van der Waals surface area (Å²) in [5.74, 6) is 2.33. The van der Waals surface area contributed by atoms with E-state index >= 15 is 0 Å². The molecule has 7 nitrogen and oxygen atoms in total. The van der Waals surface area contributed by atoms with Crippen LogP contribution >= 0.6 is 11.6 Å². The van der Waals surface area contributed by atoms with Gasteiger partial charge in [-0.1, -0.05) is 11.6 Å². The van der Waals surface area contributed by atoms with Gasteiger partial charge in [-0.2, -0.15) is 5.26 Å². The summed E-state index contributed by atoms with van der Waals surface area (Å²) in [6.07, 6.45) is 3.75. The lowest BCUT2D eigenvalue weighted by molar-refractivity contribution is 0.689. The maximum atomic E-state index is 9.01. The summed E-state index contributed by atoms with van der Waals surface area (Å²) in [6.45, 7) is 1.66. The van der Waals surface area contributed by atoms with E-state index in [0.717, 1.165) is 31.0 Å². The average Bonchev–Trinajstić information content (AvgIpc) is 3.08. The second-order valence-electron chi connectivity index (χ2n) is 5.56. The predicted octanol–water partition coefficient (Wildman–Crippen LogP) is 2.52. The van der Waals surface area contributed by atoms with Crippen molar-refractivity contribution in [3.8, 4) is 6.07 Å². The van der Waals surface area contributed by atoms with E-state index in [1.165, 1.54) is 0 Å². The lowest BCUT2D eigenvalue weighted by Crippen LogP contribution is -2.35. The van der Waals surface area contributed by atoms with Crippen LogP contribution < -0.4 is 15.5 Å². The smallest absolute Gasteiger partial charge is 0.134 e. The first-order chi connectivity index (χ1) is 11.7. The molecule has 2 aromatic heterocycles. The SMILES string of the molecule is CNc1cc(N2CCCC2CNc2cc(C#N)cc(Cl)n2)ncn1. The van der Waals surface area contributed by atoms with Crippen molar-refractivity contribution >= 4 is 29.1 Å². The van der Waals surface area contributed by atoms with E-state index in [1.54, 1.807) is 18.5 Å². The van der Waals surface area contributed by atoms with E-state index in [-0.39, 0.29) is 0 Å². The monoisotopic (exact) mass is 343 g/mol. The van der Waals surface area contributed by atoms with Crippen molar-refractivity contribution in [2.45, 2.75) is 18.9 Å². The first-order valence-corrected chi connectivity index (χ1v) is 8.15. The molecule has 0 aliphatic carbocycles. The quantitative estimate of drug-likeness (QED) is 0.806. The van der Waals surface area contributed by atoms with Crippen LogP contribution in [-0.4, -0.2) is 41.1 Å². The number of pyridine rings is 1. The highest BCUT2D eigenvalue weighted by Crippen LogP contribution is 2.25. The van der Waals surface area contributed by atoms with Gasteiger partial charge in [0.1, 0.15) is 28.9 Å². The molecule has 0 spiro atoms. The second-order valence-corrected chi connectivity index (χ2v) is 5.94. The van der Waals surface area contributed by atoms with Gasteiger partial charge >= 0.3 is 0 Å². The summed E-state index contributed by atoms with van der Waals surface area (Å²) in [7, 11) is 1.84. The van der Waals surface area contributed by atoms with Gasteiger partial charge in [-0.05, 0) is 25.0 Å². The fraction of sp³-hybridized carbons (Fsp3) is 0.375. The molecule has 3 heterocycles. The maximum absolute atomic E-state index is 9.01. The highest BCUT2D eigenvalue weighted by Gasteiger charge is 2.25. The molecule has 1 fully saturated rings. The van der Waals surface area contributed by atoms with Gasteiger partial charge in [0.15, 0.2) is 0 Å². The van der Waals surface area contributed by atoms with Crippen LogP contribution in [0.25, 0.3) is 0 Å². The third-order valence-electron chi connectivity index (χ3n) is 4.02. The molecule has 124 valence electrons. The lowest BCUT2D eigenvalue weighted by Gasteiger charge is -2.26. The maximum Gasteiger partial charge on any atom is 0.134 e. The Morgan fingerprint density at radius 3 is 3.00 bits per heavy atom. The molecule has 1 saturated heterocycles. The number of hydrogen-bond donors (Lipinski definition) is 2. The van der Waals surface area contributed by atoms with Crippen molar-refractivity contribution in [3.63, 3.8) is 0 Å².